The zero-order valence-corrected chi connectivity index (χ0v) is 10.1. The van der Waals surface area contributed by atoms with Gasteiger partial charge in [0.1, 0.15) is 11.5 Å². The molecular formula is C14H12N4O. The molecule has 0 spiro atoms. The number of hydrogen-bond donors (Lipinski definition) is 2. The first-order valence-corrected chi connectivity index (χ1v) is 5.69. The number of pyridine rings is 1. The Morgan fingerprint density at radius 2 is 2.11 bits per heavy atom. The lowest BCUT2D eigenvalue weighted by Crippen LogP contribution is -2.24. The summed E-state index contributed by atoms with van der Waals surface area (Å²) >= 11 is 0. The van der Waals surface area contributed by atoms with Crippen LogP contribution in [0.1, 0.15) is 21.6 Å². The van der Waals surface area contributed by atoms with Crippen molar-refractivity contribution in [2.24, 2.45) is 0 Å². The highest BCUT2D eigenvalue weighted by Crippen LogP contribution is 2.05. The number of nitrogens with two attached hydrogens (primary N) is 1. The molecule has 0 saturated heterocycles. The van der Waals surface area contributed by atoms with Crippen LogP contribution < -0.4 is 11.1 Å². The van der Waals surface area contributed by atoms with Gasteiger partial charge in [-0.25, -0.2) is 4.98 Å². The van der Waals surface area contributed by atoms with Crippen molar-refractivity contribution in [3.8, 4) is 6.07 Å². The van der Waals surface area contributed by atoms with Gasteiger partial charge >= 0.3 is 0 Å². The molecule has 1 heterocycles. The number of anilines is 1. The lowest BCUT2D eigenvalue weighted by Gasteiger charge is -2.05. The van der Waals surface area contributed by atoms with E-state index in [4.69, 9.17) is 11.0 Å². The van der Waals surface area contributed by atoms with Crippen LogP contribution in [0.2, 0.25) is 0 Å². The minimum absolute atomic E-state index is 0.274. The number of nitrogens with zero attached hydrogens (tertiary/aromatic N) is 2. The summed E-state index contributed by atoms with van der Waals surface area (Å²) in [7, 11) is 0. The van der Waals surface area contributed by atoms with E-state index in [1.54, 1.807) is 36.4 Å². The van der Waals surface area contributed by atoms with Crippen LogP contribution in [-0.4, -0.2) is 10.9 Å². The number of rotatable bonds is 3. The number of benzene rings is 1. The lowest BCUT2D eigenvalue weighted by molar-refractivity contribution is 0.0946. The minimum atomic E-state index is -0.297. The first kappa shape index (κ1) is 12.6. The standard InChI is InChI=1S/C14H12N4O/c15-8-10-3-1-4-11(7-10)9-17-14(19)12-5-2-6-13(16)18-12/h1-7H,9H2,(H2,16,18)(H,17,19). The molecule has 1 amide bonds. The summed E-state index contributed by atoms with van der Waals surface area (Å²) in [5, 5.41) is 11.5. The molecule has 1 aromatic carbocycles. The summed E-state index contributed by atoms with van der Waals surface area (Å²) in [6, 6.07) is 14.0. The third kappa shape index (κ3) is 3.30. The van der Waals surface area contributed by atoms with Crippen molar-refractivity contribution in [3.63, 3.8) is 0 Å². The maximum absolute atomic E-state index is 11.8. The fourth-order valence-electron chi connectivity index (χ4n) is 1.60. The summed E-state index contributed by atoms with van der Waals surface area (Å²) in [4.78, 5) is 15.8. The van der Waals surface area contributed by atoms with Gasteiger partial charge in [0.25, 0.3) is 5.91 Å². The third-order valence-corrected chi connectivity index (χ3v) is 2.51. The Morgan fingerprint density at radius 3 is 2.84 bits per heavy atom. The Bertz CT molecular complexity index is 646. The molecule has 0 saturated carbocycles. The van der Waals surface area contributed by atoms with Crippen LogP contribution in [0.25, 0.3) is 0 Å². The van der Waals surface area contributed by atoms with Gasteiger partial charge in [-0.2, -0.15) is 5.26 Å². The maximum atomic E-state index is 11.8. The van der Waals surface area contributed by atoms with Crippen LogP contribution in [0.4, 0.5) is 5.82 Å². The van der Waals surface area contributed by atoms with E-state index >= 15 is 0 Å². The average Bonchev–Trinajstić information content (AvgIpc) is 2.45. The van der Waals surface area contributed by atoms with Gasteiger partial charge in [0.2, 0.25) is 0 Å². The predicted octanol–water partition coefficient (Wildman–Crippen LogP) is 1.47. The Morgan fingerprint density at radius 1 is 1.32 bits per heavy atom. The normalized spacial score (nSPS) is 9.63. The smallest absolute Gasteiger partial charge is 0.270 e. The van der Waals surface area contributed by atoms with Gasteiger partial charge < -0.3 is 11.1 Å². The fourth-order valence-corrected chi connectivity index (χ4v) is 1.60. The molecule has 0 atom stereocenters. The van der Waals surface area contributed by atoms with Gasteiger partial charge in [-0.3, -0.25) is 4.79 Å². The SMILES string of the molecule is N#Cc1cccc(CNC(=O)c2cccc(N)n2)c1. The highest BCUT2D eigenvalue weighted by molar-refractivity contribution is 5.92. The van der Waals surface area contributed by atoms with E-state index in [-0.39, 0.29) is 11.6 Å². The molecule has 5 nitrogen and oxygen atoms in total. The van der Waals surface area contributed by atoms with E-state index in [2.05, 4.69) is 16.4 Å². The van der Waals surface area contributed by atoms with E-state index < -0.39 is 0 Å². The van der Waals surface area contributed by atoms with Crippen molar-refractivity contribution in [3.05, 3.63) is 59.3 Å². The van der Waals surface area contributed by atoms with Crippen molar-refractivity contribution in [1.82, 2.24) is 10.3 Å². The summed E-state index contributed by atoms with van der Waals surface area (Å²) in [6.07, 6.45) is 0. The van der Waals surface area contributed by atoms with E-state index in [9.17, 15) is 4.79 Å². The molecule has 1 aromatic heterocycles. The molecule has 0 radical (unpaired) electrons. The van der Waals surface area contributed by atoms with Crippen LogP contribution >= 0.6 is 0 Å². The number of nitriles is 1. The van der Waals surface area contributed by atoms with Crippen LogP contribution in [0.15, 0.2) is 42.5 Å². The van der Waals surface area contributed by atoms with Crippen LogP contribution in [0.3, 0.4) is 0 Å². The molecule has 0 bridgehead atoms. The second kappa shape index (κ2) is 5.65. The molecule has 0 aliphatic carbocycles. The predicted molar refractivity (Wildman–Crippen MR) is 71.0 cm³/mol. The third-order valence-electron chi connectivity index (χ3n) is 2.51. The largest absolute Gasteiger partial charge is 0.384 e. The molecule has 0 aliphatic rings. The molecule has 94 valence electrons. The number of amides is 1. The van der Waals surface area contributed by atoms with Crippen LogP contribution in [0.5, 0.6) is 0 Å². The summed E-state index contributed by atoms with van der Waals surface area (Å²) in [6.45, 7) is 0.338. The van der Waals surface area contributed by atoms with Crippen molar-refractivity contribution < 1.29 is 4.79 Å². The highest BCUT2D eigenvalue weighted by atomic mass is 16.1. The molecule has 2 rings (SSSR count). The number of aromatic nitrogens is 1. The van der Waals surface area contributed by atoms with Gasteiger partial charge in [0.05, 0.1) is 11.6 Å². The Kier molecular flexibility index (Phi) is 3.74. The second-order valence-electron chi connectivity index (χ2n) is 3.94. The molecule has 2 aromatic rings. The lowest BCUT2D eigenvalue weighted by atomic mass is 10.1. The number of nitrogen functional groups attached to an aromatic ring is 1. The van der Waals surface area contributed by atoms with Crippen molar-refractivity contribution >= 4 is 11.7 Å². The molecule has 19 heavy (non-hydrogen) atoms. The van der Waals surface area contributed by atoms with Gasteiger partial charge in [-0.1, -0.05) is 18.2 Å². The highest BCUT2D eigenvalue weighted by Gasteiger charge is 2.06. The minimum Gasteiger partial charge on any atom is -0.384 e. The first-order chi connectivity index (χ1) is 9.19. The van der Waals surface area contributed by atoms with E-state index in [0.29, 0.717) is 17.9 Å². The number of hydrogen-bond acceptors (Lipinski definition) is 4. The van der Waals surface area contributed by atoms with Crippen LogP contribution in [-0.2, 0) is 6.54 Å². The van der Waals surface area contributed by atoms with Gasteiger partial charge in [0, 0.05) is 6.54 Å². The molecular weight excluding hydrogens is 240 g/mol. The maximum Gasteiger partial charge on any atom is 0.270 e. The number of nitrogens with one attached hydrogen (secondary N) is 1. The first-order valence-electron chi connectivity index (χ1n) is 5.69. The van der Waals surface area contributed by atoms with Crippen molar-refractivity contribution in [2.75, 3.05) is 5.73 Å². The monoisotopic (exact) mass is 252 g/mol. The average molecular weight is 252 g/mol. The molecule has 0 fully saturated rings. The van der Waals surface area contributed by atoms with Crippen molar-refractivity contribution in [1.29, 1.82) is 5.26 Å². The van der Waals surface area contributed by atoms with Gasteiger partial charge in [0.15, 0.2) is 0 Å². The topological polar surface area (TPSA) is 91.8 Å². The van der Waals surface area contributed by atoms with E-state index in [0.717, 1.165) is 5.56 Å². The summed E-state index contributed by atoms with van der Waals surface area (Å²) in [5.41, 5.74) is 7.21. The quantitative estimate of drug-likeness (QED) is 0.865. The van der Waals surface area contributed by atoms with Gasteiger partial charge in [-0.15, -0.1) is 0 Å². The number of carbonyl (C=O) groups excluding carboxylic acids is 1. The van der Waals surface area contributed by atoms with E-state index in [1.165, 1.54) is 0 Å². The number of carbonyl (C=O) groups is 1. The van der Waals surface area contributed by atoms with Gasteiger partial charge in [-0.05, 0) is 29.8 Å². The zero-order valence-electron chi connectivity index (χ0n) is 10.1. The van der Waals surface area contributed by atoms with E-state index in [1.807, 2.05) is 6.07 Å². The molecule has 0 unspecified atom stereocenters. The van der Waals surface area contributed by atoms with Crippen LogP contribution in [0, 0.1) is 11.3 Å². The summed E-state index contributed by atoms with van der Waals surface area (Å²) < 4.78 is 0. The second-order valence-corrected chi connectivity index (χ2v) is 3.94. The Labute approximate surface area is 110 Å². The molecule has 3 N–H and O–H groups in total. The molecule has 0 aliphatic heterocycles. The zero-order chi connectivity index (χ0) is 13.7. The fraction of sp³-hybridized carbons (Fsp3) is 0.0714. The Balaban J connectivity index is 2.02. The molecule has 5 heteroatoms. The van der Waals surface area contributed by atoms with Crippen molar-refractivity contribution in [2.45, 2.75) is 6.54 Å². The summed E-state index contributed by atoms with van der Waals surface area (Å²) in [5.74, 6) is 0.00814. The Hall–Kier alpha value is -2.87.